The molecule has 0 saturated heterocycles. The van der Waals surface area contributed by atoms with Crippen molar-refractivity contribution in [3.63, 3.8) is 0 Å². The number of benzene rings is 1. The Morgan fingerprint density at radius 3 is 2.73 bits per heavy atom. The van der Waals surface area contributed by atoms with Crippen LogP contribution in [0.2, 0.25) is 5.02 Å². The molecule has 0 saturated carbocycles. The Kier molecular flexibility index (Phi) is 5.34. The number of hydrogen-bond acceptors (Lipinski definition) is 1. The Labute approximate surface area is 104 Å². The number of carbonyl (C=O) groups excluding carboxylic acids is 1. The van der Waals surface area contributed by atoms with Crippen LogP contribution in [-0.2, 0) is 0 Å². The fraction of sp³-hybridized carbons (Fsp3) is 0.417. The minimum Gasteiger partial charge on any atom is -0.294 e. The van der Waals surface area contributed by atoms with Gasteiger partial charge in [0.05, 0.1) is 5.02 Å². The predicted octanol–water partition coefficient (Wildman–Crippen LogP) is 4.87. The molecule has 82 valence electrons. The largest absolute Gasteiger partial charge is 0.294 e. The molecule has 1 rings (SSSR count). The van der Waals surface area contributed by atoms with Gasteiger partial charge in [-0.1, -0.05) is 31.4 Å². The number of unbranched alkanes of at least 4 members (excludes halogenated alkanes) is 2. The van der Waals surface area contributed by atoms with Gasteiger partial charge in [0.1, 0.15) is 0 Å². The van der Waals surface area contributed by atoms with Gasteiger partial charge in [-0.3, -0.25) is 4.79 Å². The Morgan fingerprint density at radius 1 is 1.40 bits per heavy atom. The molecule has 1 aromatic carbocycles. The molecule has 0 spiro atoms. The Balaban J connectivity index is 2.62. The zero-order valence-corrected chi connectivity index (χ0v) is 11.1. The summed E-state index contributed by atoms with van der Waals surface area (Å²) in [5.41, 5.74) is 0.738. The minimum atomic E-state index is 0.195. The highest BCUT2D eigenvalue weighted by atomic mass is 79.9. The van der Waals surface area contributed by atoms with Gasteiger partial charge < -0.3 is 0 Å². The van der Waals surface area contributed by atoms with Crippen molar-refractivity contribution in [3.8, 4) is 0 Å². The molecule has 0 unspecified atom stereocenters. The third-order valence-corrected chi connectivity index (χ3v) is 3.46. The zero-order chi connectivity index (χ0) is 11.3. The molecular weight excluding hydrogens is 275 g/mol. The summed E-state index contributed by atoms with van der Waals surface area (Å²) in [6.45, 7) is 2.13. The lowest BCUT2D eigenvalue weighted by Crippen LogP contribution is -1.98. The first-order valence-electron chi connectivity index (χ1n) is 5.13. The van der Waals surface area contributed by atoms with Gasteiger partial charge in [0, 0.05) is 16.5 Å². The van der Waals surface area contributed by atoms with Crippen molar-refractivity contribution in [1.82, 2.24) is 0 Å². The molecule has 0 bridgehead atoms. The highest BCUT2D eigenvalue weighted by molar-refractivity contribution is 9.10. The predicted molar refractivity (Wildman–Crippen MR) is 67.6 cm³/mol. The van der Waals surface area contributed by atoms with Crippen LogP contribution in [0.1, 0.15) is 43.0 Å². The van der Waals surface area contributed by atoms with Crippen LogP contribution >= 0.6 is 27.5 Å². The van der Waals surface area contributed by atoms with E-state index in [2.05, 4.69) is 22.9 Å². The van der Waals surface area contributed by atoms with Gasteiger partial charge in [0.15, 0.2) is 5.78 Å². The van der Waals surface area contributed by atoms with E-state index < -0.39 is 0 Å². The second-order valence-corrected chi connectivity index (χ2v) is 4.77. The summed E-state index contributed by atoms with van der Waals surface area (Å²) >= 11 is 9.17. The first-order valence-corrected chi connectivity index (χ1v) is 6.30. The van der Waals surface area contributed by atoms with Gasteiger partial charge in [0.25, 0.3) is 0 Å². The summed E-state index contributed by atoms with van der Waals surface area (Å²) in [7, 11) is 0. The van der Waals surface area contributed by atoms with E-state index in [0.717, 1.165) is 29.3 Å². The number of rotatable bonds is 5. The molecule has 15 heavy (non-hydrogen) atoms. The molecule has 0 aliphatic heterocycles. The standard InChI is InChI=1S/C12H14BrClO/c1-2-3-4-5-12(15)9-6-7-11(14)10(13)8-9/h6-8H,2-5H2,1H3. The molecule has 0 radical (unpaired) electrons. The van der Waals surface area contributed by atoms with E-state index in [9.17, 15) is 4.79 Å². The first kappa shape index (κ1) is 12.7. The number of hydrogen-bond donors (Lipinski definition) is 0. The maximum absolute atomic E-state index is 11.7. The first-order chi connectivity index (χ1) is 7.15. The van der Waals surface area contributed by atoms with E-state index in [4.69, 9.17) is 11.6 Å². The second kappa shape index (κ2) is 6.29. The average Bonchev–Trinajstić information content (AvgIpc) is 2.22. The van der Waals surface area contributed by atoms with Gasteiger partial charge in [-0.05, 0) is 40.5 Å². The summed E-state index contributed by atoms with van der Waals surface area (Å²) in [5, 5.41) is 0.639. The lowest BCUT2D eigenvalue weighted by molar-refractivity contribution is 0.0979. The van der Waals surface area contributed by atoms with Crippen LogP contribution in [-0.4, -0.2) is 5.78 Å². The molecule has 0 heterocycles. The minimum absolute atomic E-state index is 0.195. The molecule has 0 fully saturated rings. The summed E-state index contributed by atoms with van der Waals surface area (Å²) in [6.07, 6.45) is 3.84. The number of halogens is 2. The fourth-order valence-corrected chi connectivity index (χ4v) is 1.85. The van der Waals surface area contributed by atoms with E-state index in [-0.39, 0.29) is 5.78 Å². The van der Waals surface area contributed by atoms with Crippen LogP contribution in [0.3, 0.4) is 0 Å². The lowest BCUT2D eigenvalue weighted by atomic mass is 10.1. The Morgan fingerprint density at radius 2 is 2.13 bits per heavy atom. The number of carbonyl (C=O) groups is 1. The summed E-state index contributed by atoms with van der Waals surface area (Å²) in [5.74, 6) is 0.195. The quantitative estimate of drug-likeness (QED) is 0.558. The highest BCUT2D eigenvalue weighted by Crippen LogP contribution is 2.24. The van der Waals surface area contributed by atoms with E-state index in [1.54, 1.807) is 18.2 Å². The molecule has 1 aromatic rings. The molecule has 0 N–H and O–H groups in total. The van der Waals surface area contributed by atoms with Crippen molar-refractivity contribution >= 4 is 33.3 Å². The zero-order valence-electron chi connectivity index (χ0n) is 8.72. The van der Waals surface area contributed by atoms with E-state index in [1.807, 2.05) is 0 Å². The molecule has 0 aliphatic rings. The van der Waals surface area contributed by atoms with Crippen molar-refractivity contribution in [2.24, 2.45) is 0 Å². The van der Waals surface area contributed by atoms with Crippen LogP contribution in [0.25, 0.3) is 0 Å². The third kappa shape index (κ3) is 3.96. The smallest absolute Gasteiger partial charge is 0.162 e. The van der Waals surface area contributed by atoms with Crippen LogP contribution in [0.4, 0.5) is 0 Å². The maximum atomic E-state index is 11.7. The van der Waals surface area contributed by atoms with Crippen molar-refractivity contribution in [3.05, 3.63) is 33.3 Å². The van der Waals surface area contributed by atoms with Crippen molar-refractivity contribution < 1.29 is 4.79 Å². The van der Waals surface area contributed by atoms with Gasteiger partial charge in [0.2, 0.25) is 0 Å². The SMILES string of the molecule is CCCCCC(=O)c1ccc(Cl)c(Br)c1. The number of Topliss-reactive ketones (excluding diaryl/α,β-unsaturated/α-hetero) is 1. The molecule has 0 amide bonds. The Hall–Kier alpha value is -0.340. The van der Waals surface area contributed by atoms with E-state index >= 15 is 0 Å². The average molecular weight is 290 g/mol. The van der Waals surface area contributed by atoms with Gasteiger partial charge >= 0.3 is 0 Å². The molecule has 0 atom stereocenters. The molecule has 1 nitrogen and oxygen atoms in total. The van der Waals surface area contributed by atoms with E-state index in [0.29, 0.717) is 11.4 Å². The lowest BCUT2D eigenvalue weighted by Gasteiger charge is -2.02. The van der Waals surface area contributed by atoms with Crippen LogP contribution in [0.5, 0.6) is 0 Å². The Bertz CT molecular complexity index is 349. The van der Waals surface area contributed by atoms with Crippen LogP contribution in [0.15, 0.2) is 22.7 Å². The molecule has 3 heteroatoms. The van der Waals surface area contributed by atoms with Crippen LogP contribution in [0, 0.1) is 0 Å². The van der Waals surface area contributed by atoms with Crippen molar-refractivity contribution in [2.75, 3.05) is 0 Å². The monoisotopic (exact) mass is 288 g/mol. The van der Waals surface area contributed by atoms with Gasteiger partial charge in [-0.2, -0.15) is 0 Å². The van der Waals surface area contributed by atoms with Crippen LogP contribution < -0.4 is 0 Å². The van der Waals surface area contributed by atoms with Gasteiger partial charge in [-0.15, -0.1) is 0 Å². The summed E-state index contributed by atoms with van der Waals surface area (Å²) < 4.78 is 0.783. The fourth-order valence-electron chi connectivity index (χ4n) is 1.35. The molecule has 0 aliphatic carbocycles. The van der Waals surface area contributed by atoms with Crippen molar-refractivity contribution in [1.29, 1.82) is 0 Å². The summed E-state index contributed by atoms with van der Waals surface area (Å²) in [4.78, 5) is 11.7. The molecule has 0 aromatic heterocycles. The molecular formula is C12H14BrClO. The van der Waals surface area contributed by atoms with Gasteiger partial charge in [-0.25, -0.2) is 0 Å². The maximum Gasteiger partial charge on any atom is 0.162 e. The number of ketones is 1. The third-order valence-electron chi connectivity index (χ3n) is 2.25. The van der Waals surface area contributed by atoms with E-state index in [1.165, 1.54) is 0 Å². The topological polar surface area (TPSA) is 17.1 Å². The highest BCUT2D eigenvalue weighted by Gasteiger charge is 2.07. The normalized spacial score (nSPS) is 10.3. The second-order valence-electron chi connectivity index (χ2n) is 3.51. The summed E-state index contributed by atoms with van der Waals surface area (Å²) in [6, 6.07) is 5.32. The van der Waals surface area contributed by atoms with Crippen molar-refractivity contribution in [2.45, 2.75) is 32.6 Å².